The highest BCUT2D eigenvalue weighted by Gasteiger charge is 2.13. The Balaban J connectivity index is 2.70. The van der Waals surface area contributed by atoms with Gasteiger partial charge in [-0.3, -0.25) is 4.90 Å². The van der Waals surface area contributed by atoms with Gasteiger partial charge < -0.3 is 4.74 Å². The Hall–Kier alpha value is -0.680. The highest BCUT2D eigenvalue weighted by molar-refractivity contribution is 9.09. The molecule has 0 radical (unpaired) electrons. The van der Waals surface area contributed by atoms with Crippen LogP contribution in [0.3, 0.4) is 0 Å². The normalized spacial score (nSPS) is 11.2. The number of hydrogen-bond acceptors (Lipinski definition) is 2. The lowest BCUT2D eigenvalue weighted by atomic mass is 10.2. The van der Waals surface area contributed by atoms with E-state index < -0.39 is 6.43 Å². The van der Waals surface area contributed by atoms with Crippen molar-refractivity contribution in [3.05, 3.63) is 29.8 Å². The van der Waals surface area contributed by atoms with Gasteiger partial charge in [0.25, 0.3) is 6.43 Å². The van der Waals surface area contributed by atoms with Crippen LogP contribution in [0.1, 0.15) is 5.56 Å². The molecular weight excluding hydrogens is 292 g/mol. The van der Waals surface area contributed by atoms with Gasteiger partial charge in [0.05, 0.1) is 13.7 Å². The molecule has 0 aromatic heterocycles. The molecule has 2 nitrogen and oxygen atoms in total. The highest BCUT2D eigenvalue weighted by atomic mass is 79.9. The second-order valence-electron chi connectivity index (χ2n) is 3.63. The molecule has 1 rings (SSSR count). The van der Waals surface area contributed by atoms with Gasteiger partial charge in [-0.2, -0.15) is 0 Å². The van der Waals surface area contributed by atoms with Crippen molar-refractivity contribution in [1.29, 1.82) is 0 Å². The Labute approximate surface area is 109 Å². The predicted octanol–water partition coefficient (Wildman–Crippen LogP) is 3.16. The maximum Gasteiger partial charge on any atom is 0.251 e. The smallest absolute Gasteiger partial charge is 0.251 e. The maximum atomic E-state index is 12.4. The highest BCUT2D eigenvalue weighted by Crippen LogP contribution is 2.19. The van der Waals surface area contributed by atoms with E-state index in [1.165, 1.54) is 0 Å². The van der Waals surface area contributed by atoms with Crippen molar-refractivity contribution in [2.24, 2.45) is 0 Å². The molecule has 0 aliphatic heterocycles. The quantitative estimate of drug-likeness (QED) is 0.718. The fourth-order valence-corrected chi connectivity index (χ4v) is 2.13. The topological polar surface area (TPSA) is 12.5 Å². The van der Waals surface area contributed by atoms with Crippen LogP contribution in [0.4, 0.5) is 8.78 Å². The molecule has 0 atom stereocenters. The van der Waals surface area contributed by atoms with Crippen LogP contribution in [0.2, 0.25) is 0 Å². The Morgan fingerprint density at radius 1 is 1.35 bits per heavy atom. The average Bonchev–Trinajstić information content (AvgIpc) is 2.29. The molecule has 0 amide bonds. The summed E-state index contributed by atoms with van der Waals surface area (Å²) in [4.78, 5) is 1.71. The standard InChI is InChI=1S/C12H16BrF2NO/c1-17-11-5-3-2-4-10(11)8-16(7-6-13)9-12(14)15/h2-5,12H,6-9H2,1H3. The summed E-state index contributed by atoms with van der Waals surface area (Å²) in [5.41, 5.74) is 0.927. The second kappa shape index (κ2) is 7.61. The minimum Gasteiger partial charge on any atom is -0.496 e. The van der Waals surface area contributed by atoms with Gasteiger partial charge in [-0.05, 0) is 6.07 Å². The second-order valence-corrected chi connectivity index (χ2v) is 4.42. The third-order valence-corrected chi connectivity index (χ3v) is 2.74. The molecule has 0 aliphatic rings. The first kappa shape index (κ1) is 14.4. The van der Waals surface area contributed by atoms with Gasteiger partial charge in [0.15, 0.2) is 0 Å². The van der Waals surface area contributed by atoms with Crippen LogP contribution in [0.25, 0.3) is 0 Å². The van der Waals surface area contributed by atoms with Crippen molar-refractivity contribution in [1.82, 2.24) is 4.90 Å². The Morgan fingerprint density at radius 3 is 2.65 bits per heavy atom. The summed E-state index contributed by atoms with van der Waals surface area (Å²) in [6, 6.07) is 7.48. The lowest BCUT2D eigenvalue weighted by Gasteiger charge is -2.21. The third kappa shape index (κ3) is 5.00. The van der Waals surface area contributed by atoms with Crippen molar-refractivity contribution < 1.29 is 13.5 Å². The molecular formula is C12H16BrF2NO. The van der Waals surface area contributed by atoms with E-state index in [1.807, 2.05) is 24.3 Å². The van der Waals surface area contributed by atoms with Crippen molar-refractivity contribution in [2.75, 3.05) is 25.5 Å². The first-order valence-electron chi connectivity index (χ1n) is 5.35. The summed E-state index contributed by atoms with van der Waals surface area (Å²) in [5.74, 6) is 0.737. The molecule has 0 bridgehead atoms. The number of para-hydroxylation sites is 1. The minimum atomic E-state index is -2.32. The molecule has 1 aromatic rings. The van der Waals surface area contributed by atoms with Gasteiger partial charge in [0.1, 0.15) is 5.75 Å². The van der Waals surface area contributed by atoms with Crippen molar-refractivity contribution >= 4 is 15.9 Å². The fourth-order valence-electron chi connectivity index (χ4n) is 1.62. The minimum absolute atomic E-state index is 0.219. The predicted molar refractivity (Wildman–Crippen MR) is 68.1 cm³/mol. The molecule has 0 heterocycles. The van der Waals surface area contributed by atoms with Crippen LogP contribution in [0.15, 0.2) is 24.3 Å². The van der Waals surface area contributed by atoms with Gasteiger partial charge in [-0.25, -0.2) is 8.78 Å². The molecule has 0 aliphatic carbocycles. The zero-order valence-corrected chi connectivity index (χ0v) is 11.3. The lowest BCUT2D eigenvalue weighted by molar-refractivity contribution is 0.0877. The molecule has 0 fully saturated rings. The average molecular weight is 308 g/mol. The lowest BCUT2D eigenvalue weighted by Crippen LogP contribution is -2.30. The molecule has 1 aromatic carbocycles. The molecule has 5 heteroatoms. The van der Waals surface area contributed by atoms with E-state index in [4.69, 9.17) is 4.74 Å². The Bertz CT molecular complexity index is 336. The van der Waals surface area contributed by atoms with Gasteiger partial charge in [-0.15, -0.1) is 0 Å². The fraction of sp³-hybridized carbons (Fsp3) is 0.500. The van der Waals surface area contributed by atoms with Crippen LogP contribution in [0, 0.1) is 0 Å². The van der Waals surface area contributed by atoms with E-state index in [-0.39, 0.29) is 6.54 Å². The number of alkyl halides is 3. The monoisotopic (exact) mass is 307 g/mol. The molecule has 0 saturated heterocycles. The maximum absolute atomic E-state index is 12.4. The van der Waals surface area contributed by atoms with Crippen LogP contribution in [-0.2, 0) is 6.54 Å². The van der Waals surface area contributed by atoms with Gasteiger partial charge in [-0.1, -0.05) is 34.1 Å². The van der Waals surface area contributed by atoms with E-state index in [1.54, 1.807) is 12.0 Å². The molecule has 0 unspecified atom stereocenters. The number of ether oxygens (including phenoxy) is 1. The molecule has 96 valence electrons. The van der Waals surface area contributed by atoms with Crippen molar-refractivity contribution in [3.8, 4) is 5.75 Å². The number of hydrogen-bond donors (Lipinski definition) is 0. The Kier molecular flexibility index (Phi) is 6.44. The zero-order valence-electron chi connectivity index (χ0n) is 9.70. The summed E-state index contributed by atoms with van der Waals surface area (Å²) >= 11 is 3.27. The number of nitrogens with zero attached hydrogens (tertiary/aromatic N) is 1. The number of methoxy groups -OCH3 is 1. The molecule has 0 N–H and O–H groups in total. The van der Waals surface area contributed by atoms with Gasteiger partial charge >= 0.3 is 0 Å². The zero-order chi connectivity index (χ0) is 12.7. The molecule has 0 spiro atoms. The SMILES string of the molecule is COc1ccccc1CN(CCBr)CC(F)F. The number of benzene rings is 1. The van der Waals surface area contributed by atoms with Gasteiger partial charge in [0.2, 0.25) is 0 Å². The number of rotatable bonds is 7. The van der Waals surface area contributed by atoms with Crippen LogP contribution < -0.4 is 4.74 Å². The van der Waals surface area contributed by atoms with Crippen LogP contribution in [0.5, 0.6) is 5.75 Å². The number of halogens is 3. The van der Waals surface area contributed by atoms with E-state index in [9.17, 15) is 8.78 Å². The summed E-state index contributed by atoms with van der Waals surface area (Å²) in [7, 11) is 1.58. The van der Waals surface area contributed by atoms with Gasteiger partial charge in [0, 0.05) is 24.0 Å². The van der Waals surface area contributed by atoms with E-state index in [2.05, 4.69) is 15.9 Å². The van der Waals surface area contributed by atoms with Crippen LogP contribution in [-0.4, -0.2) is 36.9 Å². The summed E-state index contributed by atoms with van der Waals surface area (Å²) in [6.07, 6.45) is -2.32. The van der Waals surface area contributed by atoms with E-state index >= 15 is 0 Å². The van der Waals surface area contributed by atoms with E-state index in [0.29, 0.717) is 18.4 Å². The van der Waals surface area contributed by atoms with Crippen LogP contribution >= 0.6 is 15.9 Å². The molecule has 0 saturated carbocycles. The van der Waals surface area contributed by atoms with Crippen molar-refractivity contribution in [3.63, 3.8) is 0 Å². The largest absolute Gasteiger partial charge is 0.496 e. The third-order valence-electron chi connectivity index (χ3n) is 2.38. The summed E-state index contributed by atoms with van der Waals surface area (Å²) in [5, 5.41) is 0.675. The molecule has 17 heavy (non-hydrogen) atoms. The summed E-state index contributed by atoms with van der Waals surface area (Å²) in [6.45, 7) is 0.839. The first-order chi connectivity index (χ1) is 8.17. The first-order valence-corrected chi connectivity index (χ1v) is 6.48. The summed E-state index contributed by atoms with van der Waals surface area (Å²) < 4.78 is 30.0. The van der Waals surface area contributed by atoms with Crippen molar-refractivity contribution in [2.45, 2.75) is 13.0 Å². The van der Waals surface area contributed by atoms with E-state index in [0.717, 1.165) is 11.3 Å². The Morgan fingerprint density at radius 2 is 2.06 bits per heavy atom.